The number of piperazine rings is 1. The molecule has 1 saturated heterocycles. The minimum atomic E-state index is -3.93. The largest absolute Gasteiger partial charge is 0.359 e. The van der Waals surface area contributed by atoms with Gasteiger partial charge in [0.1, 0.15) is 0 Å². The Hall–Kier alpha value is -2.04. The van der Waals surface area contributed by atoms with Crippen molar-refractivity contribution in [2.45, 2.75) is 11.8 Å². The molecule has 0 aliphatic carbocycles. The highest BCUT2D eigenvalue weighted by Crippen LogP contribution is 2.26. The van der Waals surface area contributed by atoms with Crippen molar-refractivity contribution in [3.05, 3.63) is 46.5 Å². The second kappa shape index (κ2) is 7.89. The van der Waals surface area contributed by atoms with Crippen molar-refractivity contribution >= 4 is 33.0 Å². The SMILES string of the molecule is C=C(C)CNC(=S)N1CCN(S(=O)(=O)c2ccccc2[N+](=O)[O-])CC1. The Kier molecular flexibility index (Phi) is 6.09. The minimum Gasteiger partial charge on any atom is -0.359 e. The summed E-state index contributed by atoms with van der Waals surface area (Å²) in [7, 11) is -3.93. The van der Waals surface area contributed by atoms with E-state index >= 15 is 0 Å². The summed E-state index contributed by atoms with van der Waals surface area (Å²) in [6.07, 6.45) is 0. The van der Waals surface area contributed by atoms with Crippen LogP contribution in [0.25, 0.3) is 0 Å². The van der Waals surface area contributed by atoms with Crippen molar-refractivity contribution in [2.75, 3.05) is 32.7 Å². The first-order valence-electron chi connectivity index (χ1n) is 7.64. The third kappa shape index (κ3) is 4.53. The van der Waals surface area contributed by atoms with Gasteiger partial charge in [-0.15, -0.1) is 0 Å². The Bertz CT molecular complexity index is 786. The Balaban J connectivity index is 2.08. The number of benzene rings is 1. The van der Waals surface area contributed by atoms with E-state index in [1.807, 2.05) is 11.8 Å². The molecule has 2 rings (SSSR count). The van der Waals surface area contributed by atoms with Crippen LogP contribution in [-0.2, 0) is 10.0 Å². The van der Waals surface area contributed by atoms with Gasteiger partial charge < -0.3 is 10.2 Å². The second-order valence-electron chi connectivity index (χ2n) is 5.73. The topological polar surface area (TPSA) is 95.8 Å². The van der Waals surface area contributed by atoms with Gasteiger partial charge in [-0.25, -0.2) is 8.42 Å². The summed E-state index contributed by atoms with van der Waals surface area (Å²) in [5.74, 6) is 0. The molecule has 10 heteroatoms. The smallest absolute Gasteiger partial charge is 0.289 e. The zero-order valence-corrected chi connectivity index (χ0v) is 15.5. The number of sulfonamides is 1. The summed E-state index contributed by atoms with van der Waals surface area (Å²) in [4.78, 5) is 12.0. The monoisotopic (exact) mass is 384 g/mol. The minimum absolute atomic E-state index is 0.212. The van der Waals surface area contributed by atoms with Crippen molar-refractivity contribution in [3.63, 3.8) is 0 Å². The molecule has 0 unspecified atom stereocenters. The van der Waals surface area contributed by atoms with Crippen molar-refractivity contribution in [2.24, 2.45) is 0 Å². The number of nitrogens with zero attached hydrogens (tertiary/aromatic N) is 3. The van der Waals surface area contributed by atoms with E-state index in [4.69, 9.17) is 12.2 Å². The molecule has 1 aromatic carbocycles. The van der Waals surface area contributed by atoms with Gasteiger partial charge in [0.15, 0.2) is 10.0 Å². The van der Waals surface area contributed by atoms with Crippen molar-refractivity contribution in [1.29, 1.82) is 0 Å². The van der Waals surface area contributed by atoms with Gasteiger partial charge >= 0.3 is 0 Å². The molecule has 0 radical (unpaired) electrons. The molecule has 25 heavy (non-hydrogen) atoms. The van der Waals surface area contributed by atoms with Crippen molar-refractivity contribution < 1.29 is 13.3 Å². The molecule has 0 spiro atoms. The molecule has 1 N–H and O–H groups in total. The summed E-state index contributed by atoms with van der Waals surface area (Å²) in [6.45, 7) is 7.49. The average molecular weight is 384 g/mol. The third-order valence-electron chi connectivity index (χ3n) is 3.75. The molecule has 0 bridgehead atoms. The Morgan fingerprint density at radius 3 is 2.48 bits per heavy atom. The van der Waals surface area contributed by atoms with Gasteiger partial charge in [0.25, 0.3) is 5.69 Å². The molecule has 1 aliphatic rings. The third-order valence-corrected chi connectivity index (χ3v) is 6.10. The van der Waals surface area contributed by atoms with Crippen LogP contribution in [0.2, 0.25) is 0 Å². The first-order valence-corrected chi connectivity index (χ1v) is 9.49. The van der Waals surface area contributed by atoms with Crippen LogP contribution in [0.1, 0.15) is 6.92 Å². The molecule has 0 atom stereocenters. The van der Waals surface area contributed by atoms with Crippen LogP contribution in [0.15, 0.2) is 41.3 Å². The fraction of sp³-hybridized carbons (Fsp3) is 0.400. The summed E-state index contributed by atoms with van der Waals surface area (Å²) < 4.78 is 26.8. The van der Waals surface area contributed by atoms with Gasteiger partial charge in [-0.3, -0.25) is 10.1 Å². The molecule has 0 amide bonds. The van der Waals surface area contributed by atoms with Gasteiger partial charge in [0.05, 0.1) is 4.92 Å². The van der Waals surface area contributed by atoms with Crippen LogP contribution >= 0.6 is 12.2 Å². The zero-order valence-electron chi connectivity index (χ0n) is 13.8. The highest BCUT2D eigenvalue weighted by Gasteiger charge is 2.33. The Morgan fingerprint density at radius 2 is 1.92 bits per heavy atom. The van der Waals surface area contributed by atoms with Gasteiger partial charge in [-0.05, 0) is 25.2 Å². The predicted molar refractivity (Wildman–Crippen MR) is 98.8 cm³/mol. The first kappa shape index (κ1) is 19.3. The fourth-order valence-electron chi connectivity index (χ4n) is 2.44. The number of rotatable bonds is 5. The van der Waals surface area contributed by atoms with Crippen LogP contribution in [0.4, 0.5) is 5.69 Å². The molecular weight excluding hydrogens is 364 g/mol. The summed E-state index contributed by atoms with van der Waals surface area (Å²) >= 11 is 5.29. The number of nitro benzene ring substituents is 1. The van der Waals surface area contributed by atoms with E-state index < -0.39 is 20.6 Å². The maximum atomic E-state index is 12.7. The molecule has 0 saturated carbocycles. The van der Waals surface area contributed by atoms with Crippen molar-refractivity contribution in [3.8, 4) is 0 Å². The maximum absolute atomic E-state index is 12.7. The van der Waals surface area contributed by atoms with E-state index in [1.54, 1.807) is 0 Å². The number of hydrogen-bond donors (Lipinski definition) is 1. The molecule has 1 fully saturated rings. The molecule has 1 aliphatic heterocycles. The molecule has 1 aromatic rings. The molecule has 136 valence electrons. The summed E-state index contributed by atoms with van der Waals surface area (Å²) in [5.41, 5.74) is 0.531. The van der Waals surface area contributed by atoms with Gasteiger partial charge in [0.2, 0.25) is 10.0 Å². The van der Waals surface area contributed by atoms with Gasteiger partial charge in [0, 0.05) is 38.8 Å². The predicted octanol–water partition coefficient (Wildman–Crippen LogP) is 1.35. The van der Waals surface area contributed by atoms with Gasteiger partial charge in [-0.1, -0.05) is 24.3 Å². The quantitative estimate of drug-likeness (QED) is 0.354. The lowest BCUT2D eigenvalue weighted by molar-refractivity contribution is -0.387. The van der Waals surface area contributed by atoms with Gasteiger partial charge in [-0.2, -0.15) is 4.31 Å². The first-order chi connectivity index (χ1) is 11.7. The van der Waals surface area contributed by atoms with Crippen LogP contribution in [0, 0.1) is 10.1 Å². The number of nitrogens with one attached hydrogen (secondary N) is 1. The molecular formula is C15H20N4O4S2. The van der Waals surface area contributed by atoms with E-state index in [2.05, 4.69) is 11.9 Å². The highest BCUT2D eigenvalue weighted by atomic mass is 32.2. The van der Waals surface area contributed by atoms with E-state index in [9.17, 15) is 18.5 Å². The van der Waals surface area contributed by atoms with E-state index in [-0.39, 0.29) is 18.0 Å². The second-order valence-corrected chi connectivity index (χ2v) is 8.02. The van der Waals surface area contributed by atoms with Crippen LogP contribution in [0.3, 0.4) is 0 Å². The number of nitro groups is 1. The average Bonchev–Trinajstić information content (AvgIpc) is 2.59. The summed E-state index contributed by atoms with van der Waals surface area (Å²) in [5, 5.41) is 14.7. The Morgan fingerprint density at radius 1 is 1.32 bits per heavy atom. The van der Waals surface area contributed by atoms with E-state index in [0.717, 1.165) is 5.57 Å². The van der Waals surface area contributed by atoms with Crippen molar-refractivity contribution in [1.82, 2.24) is 14.5 Å². The van der Waals surface area contributed by atoms with Crippen LogP contribution in [0.5, 0.6) is 0 Å². The normalized spacial score (nSPS) is 15.6. The lowest BCUT2D eigenvalue weighted by Crippen LogP contribution is -2.53. The maximum Gasteiger partial charge on any atom is 0.289 e. The highest BCUT2D eigenvalue weighted by molar-refractivity contribution is 7.89. The fourth-order valence-corrected chi connectivity index (χ4v) is 4.27. The van der Waals surface area contributed by atoms with E-state index in [0.29, 0.717) is 24.7 Å². The number of para-hydroxylation sites is 1. The summed E-state index contributed by atoms with van der Waals surface area (Å²) in [6, 6.07) is 5.38. The van der Waals surface area contributed by atoms with E-state index in [1.165, 1.54) is 28.6 Å². The molecule has 0 aromatic heterocycles. The van der Waals surface area contributed by atoms with Crippen LogP contribution < -0.4 is 5.32 Å². The lowest BCUT2D eigenvalue weighted by Gasteiger charge is -2.35. The lowest BCUT2D eigenvalue weighted by atomic mass is 10.3. The number of thiocarbonyl (C=S) groups is 1. The number of hydrogen-bond acceptors (Lipinski definition) is 5. The zero-order chi connectivity index (χ0) is 18.6. The standard InChI is InChI=1S/C15H20N4O4S2/c1-12(2)11-16-15(24)17-7-9-18(10-8-17)25(22,23)14-6-4-3-5-13(14)19(20)21/h3-6H,1,7-11H2,2H3,(H,16,24). The molecule has 8 nitrogen and oxygen atoms in total. The Labute approximate surface area is 152 Å². The van der Waals surface area contributed by atoms with Crippen LogP contribution in [-0.4, -0.2) is 60.4 Å². The molecule has 1 heterocycles.